The fourth-order valence-electron chi connectivity index (χ4n) is 3.03. The van der Waals surface area contributed by atoms with Gasteiger partial charge in [0.15, 0.2) is 0 Å². The van der Waals surface area contributed by atoms with Gasteiger partial charge in [0.25, 0.3) is 0 Å². The summed E-state index contributed by atoms with van der Waals surface area (Å²) in [6.07, 6.45) is 3.38. The molecule has 138 valence electrons. The molecule has 1 fully saturated rings. The molecular formula is C18H24N6O2. The van der Waals surface area contributed by atoms with Crippen molar-refractivity contribution in [2.75, 3.05) is 33.7 Å². The first-order valence-corrected chi connectivity index (χ1v) is 8.67. The van der Waals surface area contributed by atoms with Gasteiger partial charge in [0, 0.05) is 32.6 Å². The minimum Gasteiger partial charge on any atom is -0.352 e. The summed E-state index contributed by atoms with van der Waals surface area (Å²) in [4.78, 5) is 32.4. The van der Waals surface area contributed by atoms with Gasteiger partial charge in [-0.1, -0.05) is 18.2 Å². The molecule has 1 aliphatic rings. The SMILES string of the molecule is CN(C)CCN1C[C@@H](C(=O)NCc2ccccc2-n2cncn2)CC1=O. The summed E-state index contributed by atoms with van der Waals surface area (Å²) in [5, 5.41) is 7.10. The Bertz CT molecular complexity index is 759. The summed E-state index contributed by atoms with van der Waals surface area (Å²) >= 11 is 0. The number of carbonyl (C=O) groups is 2. The number of hydrogen-bond donors (Lipinski definition) is 1. The van der Waals surface area contributed by atoms with Crippen molar-refractivity contribution >= 4 is 11.8 Å². The third kappa shape index (κ3) is 4.26. The topological polar surface area (TPSA) is 83.4 Å². The van der Waals surface area contributed by atoms with Crippen LogP contribution in [0.25, 0.3) is 5.69 Å². The number of nitrogens with zero attached hydrogens (tertiary/aromatic N) is 5. The number of rotatable bonds is 7. The Labute approximate surface area is 152 Å². The second-order valence-electron chi connectivity index (χ2n) is 6.73. The molecule has 26 heavy (non-hydrogen) atoms. The van der Waals surface area contributed by atoms with Crippen molar-refractivity contribution in [1.82, 2.24) is 29.9 Å². The molecule has 0 aliphatic carbocycles. The fraction of sp³-hybridized carbons (Fsp3) is 0.444. The first-order chi connectivity index (χ1) is 12.5. The van der Waals surface area contributed by atoms with Crippen LogP contribution in [-0.2, 0) is 16.1 Å². The second kappa shape index (κ2) is 8.09. The van der Waals surface area contributed by atoms with Gasteiger partial charge in [-0.05, 0) is 25.7 Å². The molecule has 0 unspecified atom stereocenters. The normalized spacial score (nSPS) is 17.1. The molecule has 0 spiro atoms. The monoisotopic (exact) mass is 356 g/mol. The summed E-state index contributed by atoms with van der Waals surface area (Å²) in [6, 6.07) is 7.71. The van der Waals surface area contributed by atoms with E-state index in [0.717, 1.165) is 17.8 Å². The van der Waals surface area contributed by atoms with Crippen LogP contribution in [0.2, 0.25) is 0 Å². The Morgan fingerprint density at radius 2 is 2.15 bits per heavy atom. The molecule has 1 atom stereocenters. The maximum atomic E-state index is 12.5. The van der Waals surface area contributed by atoms with Crippen LogP contribution >= 0.6 is 0 Å². The molecule has 1 N–H and O–H groups in total. The van der Waals surface area contributed by atoms with E-state index < -0.39 is 0 Å². The third-order valence-corrected chi connectivity index (χ3v) is 4.51. The smallest absolute Gasteiger partial charge is 0.225 e. The van der Waals surface area contributed by atoms with E-state index in [1.807, 2.05) is 43.3 Å². The Balaban J connectivity index is 1.58. The highest BCUT2D eigenvalue weighted by Gasteiger charge is 2.33. The highest BCUT2D eigenvalue weighted by Crippen LogP contribution is 2.18. The van der Waals surface area contributed by atoms with Crippen LogP contribution in [0, 0.1) is 5.92 Å². The highest BCUT2D eigenvalue weighted by atomic mass is 16.2. The molecule has 8 heteroatoms. The quantitative estimate of drug-likeness (QED) is 0.771. The van der Waals surface area contributed by atoms with Gasteiger partial charge < -0.3 is 15.1 Å². The molecule has 2 heterocycles. The highest BCUT2D eigenvalue weighted by molar-refractivity contribution is 5.89. The van der Waals surface area contributed by atoms with Gasteiger partial charge in [0.05, 0.1) is 11.6 Å². The summed E-state index contributed by atoms with van der Waals surface area (Å²) in [6.45, 7) is 2.33. The zero-order chi connectivity index (χ0) is 18.5. The Morgan fingerprint density at radius 1 is 1.35 bits per heavy atom. The van der Waals surface area contributed by atoms with E-state index in [1.54, 1.807) is 15.9 Å². The lowest BCUT2D eigenvalue weighted by Gasteiger charge is -2.19. The molecule has 0 radical (unpaired) electrons. The van der Waals surface area contributed by atoms with Crippen LogP contribution in [-0.4, -0.2) is 70.1 Å². The van der Waals surface area contributed by atoms with Gasteiger partial charge in [-0.25, -0.2) is 9.67 Å². The lowest BCUT2D eigenvalue weighted by molar-refractivity contribution is -0.129. The summed E-state index contributed by atoms with van der Waals surface area (Å²) in [5.41, 5.74) is 1.82. The van der Waals surface area contributed by atoms with E-state index in [-0.39, 0.29) is 24.2 Å². The number of benzene rings is 1. The van der Waals surface area contributed by atoms with Gasteiger partial charge in [-0.2, -0.15) is 5.10 Å². The van der Waals surface area contributed by atoms with Gasteiger partial charge in [-0.3, -0.25) is 9.59 Å². The van der Waals surface area contributed by atoms with Crippen LogP contribution in [0.5, 0.6) is 0 Å². The van der Waals surface area contributed by atoms with Crippen molar-refractivity contribution in [3.05, 3.63) is 42.5 Å². The van der Waals surface area contributed by atoms with Gasteiger partial charge in [0.1, 0.15) is 12.7 Å². The molecule has 2 amide bonds. The Hall–Kier alpha value is -2.74. The van der Waals surface area contributed by atoms with E-state index in [1.165, 1.54) is 6.33 Å². The second-order valence-corrected chi connectivity index (χ2v) is 6.73. The number of amides is 2. The minimum absolute atomic E-state index is 0.0509. The molecule has 1 aromatic heterocycles. The predicted molar refractivity (Wildman–Crippen MR) is 96.4 cm³/mol. The predicted octanol–water partition coefficient (Wildman–Crippen LogP) is 0.294. The number of hydrogen-bond acceptors (Lipinski definition) is 5. The van der Waals surface area contributed by atoms with E-state index in [0.29, 0.717) is 19.6 Å². The first-order valence-electron chi connectivity index (χ1n) is 8.67. The van der Waals surface area contributed by atoms with Crippen LogP contribution in [0.3, 0.4) is 0 Å². The summed E-state index contributed by atoms with van der Waals surface area (Å²) in [7, 11) is 3.94. The lowest BCUT2D eigenvalue weighted by atomic mass is 10.1. The van der Waals surface area contributed by atoms with Crippen molar-refractivity contribution in [2.45, 2.75) is 13.0 Å². The average Bonchev–Trinajstić information content (AvgIpc) is 3.28. The van der Waals surface area contributed by atoms with Crippen LogP contribution in [0.1, 0.15) is 12.0 Å². The van der Waals surface area contributed by atoms with Crippen molar-refractivity contribution in [3.8, 4) is 5.69 Å². The fourth-order valence-corrected chi connectivity index (χ4v) is 3.03. The van der Waals surface area contributed by atoms with Crippen LogP contribution < -0.4 is 5.32 Å². The van der Waals surface area contributed by atoms with Crippen LogP contribution in [0.4, 0.5) is 0 Å². The molecule has 0 saturated carbocycles. The number of nitrogens with one attached hydrogen (secondary N) is 1. The van der Waals surface area contributed by atoms with Gasteiger partial charge in [0.2, 0.25) is 11.8 Å². The number of carbonyl (C=O) groups excluding carboxylic acids is 2. The van der Waals surface area contributed by atoms with E-state index in [4.69, 9.17) is 0 Å². The van der Waals surface area contributed by atoms with Crippen LogP contribution in [0.15, 0.2) is 36.9 Å². The average molecular weight is 356 g/mol. The van der Waals surface area contributed by atoms with E-state index in [9.17, 15) is 9.59 Å². The number of likely N-dealkylation sites (N-methyl/N-ethyl adjacent to an activating group) is 1. The molecule has 3 rings (SSSR count). The summed E-state index contributed by atoms with van der Waals surface area (Å²) in [5.74, 6) is -0.322. The maximum absolute atomic E-state index is 12.5. The maximum Gasteiger partial charge on any atom is 0.225 e. The molecule has 0 bridgehead atoms. The van der Waals surface area contributed by atoms with E-state index in [2.05, 4.69) is 15.4 Å². The number of para-hydroxylation sites is 1. The first kappa shape index (κ1) is 18.1. The van der Waals surface area contributed by atoms with Crippen molar-refractivity contribution in [2.24, 2.45) is 5.92 Å². The number of aromatic nitrogens is 3. The lowest BCUT2D eigenvalue weighted by Crippen LogP contribution is -2.35. The van der Waals surface area contributed by atoms with E-state index >= 15 is 0 Å². The molecule has 1 saturated heterocycles. The zero-order valence-corrected chi connectivity index (χ0v) is 15.1. The molecular weight excluding hydrogens is 332 g/mol. The largest absolute Gasteiger partial charge is 0.352 e. The molecule has 1 aliphatic heterocycles. The molecule has 1 aromatic carbocycles. The van der Waals surface area contributed by atoms with Gasteiger partial charge in [-0.15, -0.1) is 0 Å². The van der Waals surface area contributed by atoms with Crippen molar-refractivity contribution in [3.63, 3.8) is 0 Å². The Kier molecular flexibility index (Phi) is 5.62. The third-order valence-electron chi connectivity index (χ3n) is 4.51. The zero-order valence-electron chi connectivity index (χ0n) is 15.1. The summed E-state index contributed by atoms with van der Waals surface area (Å²) < 4.78 is 1.67. The minimum atomic E-state index is -0.289. The molecule has 8 nitrogen and oxygen atoms in total. The van der Waals surface area contributed by atoms with Crippen molar-refractivity contribution in [1.29, 1.82) is 0 Å². The standard InChI is InChI=1S/C18H24N6O2/c1-22(2)7-8-23-11-15(9-17(23)25)18(26)20-10-14-5-3-4-6-16(14)24-13-19-12-21-24/h3-6,12-13,15H,7-11H2,1-2H3,(H,20,26)/t15-/m0/s1. The van der Waals surface area contributed by atoms with Gasteiger partial charge >= 0.3 is 0 Å². The molecule has 2 aromatic rings. The number of likely N-dealkylation sites (tertiary alicyclic amines) is 1. The Morgan fingerprint density at radius 3 is 2.88 bits per heavy atom. The van der Waals surface area contributed by atoms with Crippen molar-refractivity contribution < 1.29 is 9.59 Å².